The molecule has 0 radical (unpaired) electrons. The number of anilines is 1. The highest BCUT2D eigenvalue weighted by Crippen LogP contribution is 2.26. The van der Waals surface area contributed by atoms with Crippen molar-refractivity contribution in [1.29, 1.82) is 0 Å². The van der Waals surface area contributed by atoms with Crippen molar-refractivity contribution in [3.8, 4) is 5.75 Å². The Morgan fingerprint density at radius 2 is 1.30 bits per heavy atom. The lowest BCUT2D eigenvalue weighted by atomic mass is 9.93. The highest BCUT2D eigenvalue weighted by Gasteiger charge is 2.39. The summed E-state index contributed by atoms with van der Waals surface area (Å²) in [7, 11) is 4.36. The third kappa shape index (κ3) is 36.9. The van der Waals surface area contributed by atoms with E-state index in [2.05, 4.69) is 58.4 Å². The zero-order chi connectivity index (χ0) is 86.1. The molecule has 0 spiro atoms. The average molecular weight is 1690 g/mol. The van der Waals surface area contributed by atoms with Crippen molar-refractivity contribution < 1.29 is 117 Å². The van der Waals surface area contributed by atoms with Gasteiger partial charge in [0.15, 0.2) is 6.73 Å². The van der Waals surface area contributed by atoms with Crippen LogP contribution in [0.15, 0.2) is 53.9 Å². The highest BCUT2D eigenvalue weighted by molar-refractivity contribution is 8.76. The number of amides is 12. The largest absolute Gasteiger partial charge is 0.508 e. The van der Waals surface area contributed by atoms with Crippen LogP contribution >= 0.6 is 32.9 Å². The third-order valence-electron chi connectivity index (χ3n) is 18.6. The molecule has 0 aliphatic carbocycles. The molecule has 642 valence electrons. The summed E-state index contributed by atoms with van der Waals surface area (Å²) in [5, 5.41) is 81.5. The number of aromatic hydroxyl groups is 1. The fourth-order valence-electron chi connectivity index (χ4n) is 12.0. The smallest absolute Gasteiger partial charge is 0.426 e. The lowest BCUT2D eigenvalue weighted by molar-refractivity contribution is -0.159. The van der Waals surface area contributed by atoms with Gasteiger partial charge in [-0.05, 0) is 132 Å². The van der Waals surface area contributed by atoms with E-state index < -0.39 is 170 Å². The molecule has 1 aromatic heterocycles. The molecule has 1 unspecified atom stereocenters. The zero-order valence-electron chi connectivity index (χ0n) is 66.2. The first-order valence-corrected chi connectivity index (χ1v) is 41.5. The zero-order valence-corrected chi connectivity index (χ0v) is 68.6. The molecule has 38 nitrogen and oxygen atoms in total. The number of phenols is 1. The Hall–Kier alpha value is -10.6. The van der Waals surface area contributed by atoms with E-state index in [1.54, 1.807) is 36.3 Å². The molecule has 3 aromatic rings. The van der Waals surface area contributed by atoms with E-state index in [1.807, 2.05) is 51.9 Å². The number of carboxylic acids is 5. The number of esters is 1. The van der Waals surface area contributed by atoms with Crippen molar-refractivity contribution in [3.05, 3.63) is 75.7 Å². The predicted octanol–water partition coefficient (Wildman–Crippen LogP) is 4.49. The van der Waals surface area contributed by atoms with Crippen LogP contribution in [0, 0.1) is 17.8 Å². The molecule has 1 saturated heterocycles. The maximum Gasteiger partial charge on any atom is 0.426 e. The van der Waals surface area contributed by atoms with Crippen LogP contribution in [0.1, 0.15) is 171 Å². The number of rotatable bonds is 51. The number of unbranched alkanes of at least 4 members (excludes halogenated alkanes) is 1. The summed E-state index contributed by atoms with van der Waals surface area (Å²) in [6.07, 6.45) is 0.850. The Labute approximate surface area is 683 Å². The maximum absolute atomic E-state index is 14.8. The number of hydrogen-bond donors (Lipinski definition) is 17. The number of thiazole rings is 1. The normalized spacial score (nSPS) is 15.2. The molecule has 0 bridgehead atoms. The minimum atomic E-state index is -1.77. The number of nitrogens with zero attached hydrogens (tertiary/aromatic N) is 3. The second kappa shape index (κ2) is 51.4. The number of ether oxygens (including phenoxy) is 2. The van der Waals surface area contributed by atoms with Gasteiger partial charge in [-0.3, -0.25) is 63.1 Å². The van der Waals surface area contributed by atoms with Crippen LogP contribution < -0.4 is 58.7 Å². The number of aromatic nitrogens is 1. The predicted molar refractivity (Wildman–Crippen MR) is 426 cm³/mol. The Morgan fingerprint density at radius 3 is 1.91 bits per heavy atom. The number of nitrogens with one attached hydrogen (secondary N) is 11. The Morgan fingerprint density at radius 1 is 0.664 bits per heavy atom. The number of urea groups is 2. The summed E-state index contributed by atoms with van der Waals surface area (Å²) in [6, 6.07) is 0.660. The number of phenolic OH excluding ortho intramolecular Hbond substituents is 1. The molecular formula is C75H110N14O24S3. The van der Waals surface area contributed by atoms with Gasteiger partial charge in [0.05, 0.1) is 30.3 Å². The molecule has 1 aliphatic rings. The summed E-state index contributed by atoms with van der Waals surface area (Å²) in [5.41, 5.74) is 5.97. The van der Waals surface area contributed by atoms with Crippen molar-refractivity contribution in [2.24, 2.45) is 17.8 Å². The van der Waals surface area contributed by atoms with Gasteiger partial charge < -0.3 is 92.9 Å². The van der Waals surface area contributed by atoms with Gasteiger partial charge in [0, 0.05) is 72.4 Å². The monoisotopic (exact) mass is 1690 g/mol. The molecule has 11 atom stereocenters. The number of hydrogen-bond acceptors (Lipinski definition) is 24. The number of likely N-dealkylation sites (N-methyl/N-ethyl adjacent to an activating group) is 1. The second-order valence-electron chi connectivity index (χ2n) is 28.4. The van der Waals surface area contributed by atoms with Crippen molar-refractivity contribution >= 4 is 134 Å². The van der Waals surface area contributed by atoms with Crippen molar-refractivity contribution in [1.82, 2.24) is 68.2 Å². The van der Waals surface area contributed by atoms with Crippen LogP contribution in [0.25, 0.3) is 0 Å². The van der Waals surface area contributed by atoms with Crippen LogP contribution in [0.4, 0.5) is 20.1 Å². The number of carbonyl (C=O) groups is 16. The van der Waals surface area contributed by atoms with Crippen LogP contribution in [0.2, 0.25) is 0 Å². The van der Waals surface area contributed by atoms with Crippen molar-refractivity contribution in [3.63, 3.8) is 0 Å². The topological polar surface area (TPSA) is 565 Å². The molecule has 116 heavy (non-hydrogen) atoms. The van der Waals surface area contributed by atoms with E-state index in [9.17, 15) is 102 Å². The summed E-state index contributed by atoms with van der Waals surface area (Å²) in [4.78, 5) is 212. The van der Waals surface area contributed by atoms with E-state index >= 15 is 0 Å². The van der Waals surface area contributed by atoms with Gasteiger partial charge >= 0.3 is 54.0 Å². The summed E-state index contributed by atoms with van der Waals surface area (Å²) in [5.74, 6) is -13.2. The molecule has 17 N–H and O–H groups in total. The number of aliphatic carboxylic acids is 5. The van der Waals surface area contributed by atoms with Gasteiger partial charge in [0.2, 0.25) is 35.4 Å². The SMILES string of the molecule is CCCC(=O)OCN(C(=O)[C@@H](NC(=O)[C@H]1CCCCN1C)C(C)CC)[C@H](CCc1nc(C(=O)N[C@@H](Cc2ccc(O)cc2)C[C@H](C)C(=O)NNC(=O)OCCSSC[C@@H](C)NC(=O)[C@H](CC(=O)O)NC(=O)[C@H](CC(=O)O)NC(=O)Cc2ccc(NC(=O)NCCCC[C@H](NC(=O)N[C@@H](CCC(=O)O)C(=O)O)C(=O)O)cc2)cs1)C(C)C. The number of hydrazine groups is 1. The summed E-state index contributed by atoms with van der Waals surface area (Å²) in [6.45, 7) is 13.1. The Balaban J connectivity index is 1.23. The minimum Gasteiger partial charge on any atom is -0.508 e. The lowest BCUT2D eigenvalue weighted by Gasteiger charge is -2.39. The van der Waals surface area contributed by atoms with Gasteiger partial charge in [-0.15, -0.1) is 11.3 Å². The van der Waals surface area contributed by atoms with Gasteiger partial charge in [-0.25, -0.2) is 34.4 Å². The van der Waals surface area contributed by atoms with E-state index in [1.165, 1.54) is 69.3 Å². The molecular weight excluding hydrogens is 1580 g/mol. The molecule has 12 amide bonds. The van der Waals surface area contributed by atoms with E-state index in [0.29, 0.717) is 42.7 Å². The highest BCUT2D eigenvalue weighted by atomic mass is 33.1. The molecule has 0 saturated carbocycles. The first-order chi connectivity index (χ1) is 55.0. The second-order valence-corrected chi connectivity index (χ2v) is 32.0. The van der Waals surface area contributed by atoms with Crippen molar-refractivity contribution in [2.75, 3.05) is 50.3 Å². The molecule has 41 heteroatoms. The van der Waals surface area contributed by atoms with Gasteiger partial charge in [0.1, 0.15) is 48.3 Å². The van der Waals surface area contributed by atoms with Gasteiger partial charge in [-0.1, -0.05) is 100 Å². The standard InChI is InChI=1S/C75H110N14O24S3/c1-9-15-63(98)113-41-89(70(104)64(43(5)10-2)85-69(103)57-17-12-14-31-88(57)8)56(42(3)4)27-28-59-81-55(40-114-59)68(102)78-49(35-46-20-24-50(90)25-21-46)34-44(6)65(99)86-87-75(111)112-32-33-115-116-39-45(7)77-66(100)54(38-62(96)97)82-67(101)53(37-61(94)95)80-58(91)36-47-18-22-48(23-19-47)79-73(109)76-30-13-11-16-51(71(105)106)83-74(110)84-52(72(107)108)26-29-60(92)93/h18-25,40,42-45,49,51-54,56-57,64,90H,9-17,26-39,41H2,1-8H3,(H,77,100)(H,78,102)(H,80,91)(H,82,101)(H,85,103)(H,86,99)(H,87,111)(H,92,93)(H,94,95)(H,96,97)(H,105,106)(H,107,108)(H2,76,79,109)(H2,83,84,110)/t43?,44-,45+,49+,51-,52-,53-,54-,56+,57+,64-/m0/s1. The number of aryl methyl sites for hydroxylation is 1. The van der Waals surface area contributed by atoms with Crippen LogP contribution in [0.3, 0.4) is 0 Å². The molecule has 2 aromatic carbocycles. The molecule has 1 fully saturated rings. The quantitative estimate of drug-likeness (QED) is 0.0122. The van der Waals surface area contributed by atoms with E-state index in [-0.39, 0.29) is 117 Å². The molecule has 2 heterocycles. The lowest BCUT2D eigenvalue weighted by Crippen LogP contribution is -2.59. The van der Waals surface area contributed by atoms with Gasteiger partial charge in [0.25, 0.3) is 5.91 Å². The number of benzene rings is 2. The minimum absolute atomic E-state index is 0.0190. The summed E-state index contributed by atoms with van der Waals surface area (Å²) < 4.78 is 10.9. The number of likely N-dealkylation sites (tertiary alicyclic amines) is 1. The Bertz CT molecular complexity index is 3800. The number of carboxylic acid groups (broad SMARTS) is 5. The fraction of sp³-hybridized carbons (Fsp3) is 0.587. The number of carbonyl (C=O) groups excluding carboxylic acids is 11. The Kier molecular flexibility index (Phi) is 43.4. The van der Waals surface area contributed by atoms with Crippen molar-refractivity contribution in [2.45, 2.75) is 218 Å². The number of piperidine rings is 1. The fourth-order valence-corrected chi connectivity index (χ4v) is 14.9. The van der Waals surface area contributed by atoms with E-state index in [0.717, 1.165) is 24.9 Å². The van der Waals surface area contributed by atoms with Crippen LogP contribution in [0.5, 0.6) is 5.75 Å². The first kappa shape index (κ1) is 97.8. The maximum atomic E-state index is 14.8. The van der Waals surface area contributed by atoms with Crippen LogP contribution in [-0.2, 0) is 86.3 Å². The van der Waals surface area contributed by atoms with Crippen LogP contribution in [-0.4, -0.2) is 240 Å². The average Bonchev–Trinajstić information content (AvgIpc) is 1.02. The first-order valence-electron chi connectivity index (χ1n) is 38.2. The third-order valence-corrected chi connectivity index (χ3v) is 22.0. The molecule has 4 rings (SSSR count). The molecule has 1 aliphatic heterocycles. The summed E-state index contributed by atoms with van der Waals surface area (Å²) >= 11 is 1.25. The van der Waals surface area contributed by atoms with E-state index in [4.69, 9.17) is 14.6 Å². The van der Waals surface area contributed by atoms with Gasteiger partial charge in [-0.2, -0.15) is 0 Å².